The van der Waals surface area contributed by atoms with Crippen molar-refractivity contribution < 1.29 is 4.79 Å². The number of anilines is 1. The van der Waals surface area contributed by atoms with Crippen molar-refractivity contribution in [1.29, 1.82) is 0 Å². The van der Waals surface area contributed by atoms with Gasteiger partial charge in [0.1, 0.15) is 6.33 Å². The van der Waals surface area contributed by atoms with Crippen LogP contribution in [0.2, 0.25) is 0 Å². The molecule has 0 bridgehead atoms. The first-order valence-electron chi connectivity index (χ1n) is 9.33. The second-order valence-electron chi connectivity index (χ2n) is 6.70. The van der Waals surface area contributed by atoms with Crippen molar-refractivity contribution in [2.24, 2.45) is 0 Å². The van der Waals surface area contributed by atoms with E-state index in [-0.39, 0.29) is 5.91 Å². The van der Waals surface area contributed by atoms with Gasteiger partial charge in [0.25, 0.3) is 5.91 Å². The minimum Gasteiger partial charge on any atom is -0.322 e. The number of amides is 1. The quantitative estimate of drug-likeness (QED) is 0.469. The van der Waals surface area contributed by atoms with Crippen LogP contribution in [0.15, 0.2) is 79.1 Å². The van der Waals surface area contributed by atoms with Crippen LogP contribution in [0.5, 0.6) is 0 Å². The molecule has 1 amide bonds. The number of fused-ring (bicyclic) bond motifs is 1. The highest BCUT2D eigenvalue weighted by molar-refractivity contribution is 7.18. The zero-order valence-corrected chi connectivity index (χ0v) is 16.6. The van der Waals surface area contributed by atoms with Crippen LogP contribution in [0.3, 0.4) is 0 Å². The molecule has 146 valence electrons. The molecule has 5 aromatic rings. The van der Waals surface area contributed by atoms with Crippen molar-refractivity contribution in [3.63, 3.8) is 0 Å². The standard InChI is InChI=1S/C22H16N6OS/c29-22(16-7-11-18(12-8-16)28-14-23-26-27-28)24-17-9-5-15(6-10-17)13-21-25-19-3-1-2-4-20(19)30-21/h1-12,14H,13H2,(H,24,29). The Morgan fingerprint density at radius 1 is 0.967 bits per heavy atom. The van der Waals surface area contributed by atoms with Gasteiger partial charge in [0.2, 0.25) is 0 Å². The molecule has 8 heteroatoms. The van der Waals surface area contributed by atoms with E-state index in [1.165, 1.54) is 15.7 Å². The molecule has 7 nitrogen and oxygen atoms in total. The summed E-state index contributed by atoms with van der Waals surface area (Å²) in [6, 6.07) is 23.1. The number of hydrogen-bond acceptors (Lipinski definition) is 6. The van der Waals surface area contributed by atoms with E-state index in [0.717, 1.165) is 33.9 Å². The summed E-state index contributed by atoms with van der Waals surface area (Å²) in [4.78, 5) is 17.2. The zero-order valence-electron chi connectivity index (χ0n) is 15.8. The highest BCUT2D eigenvalue weighted by atomic mass is 32.1. The minimum absolute atomic E-state index is 0.169. The average Bonchev–Trinajstić information content (AvgIpc) is 3.45. The average molecular weight is 412 g/mol. The fourth-order valence-corrected chi connectivity index (χ4v) is 4.13. The van der Waals surface area contributed by atoms with Gasteiger partial charge in [0.15, 0.2) is 0 Å². The summed E-state index contributed by atoms with van der Waals surface area (Å²) < 4.78 is 2.73. The number of para-hydroxylation sites is 1. The Morgan fingerprint density at radius 3 is 2.50 bits per heavy atom. The van der Waals surface area contributed by atoms with Gasteiger partial charge in [-0.2, -0.15) is 0 Å². The maximum absolute atomic E-state index is 12.5. The first-order chi connectivity index (χ1) is 14.7. The Hall–Kier alpha value is -3.91. The molecule has 30 heavy (non-hydrogen) atoms. The predicted octanol–water partition coefficient (Wildman–Crippen LogP) is 4.12. The van der Waals surface area contributed by atoms with Gasteiger partial charge < -0.3 is 5.32 Å². The van der Waals surface area contributed by atoms with Gasteiger partial charge in [-0.1, -0.05) is 24.3 Å². The topological polar surface area (TPSA) is 85.6 Å². The normalized spacial score (nSPS) is 10.9. The molecular weight excluding hydrogens is 396 g/mol. The zero-order chi connectivity index (χ0) is 20.3. The summed E-state index contributed by atoms with van der Waals surface area (Å²) in [6.45, 7) is 0. The highest BCUT2D eigenvalue weighted by Crippen LogP contribution is 2.24. The van der Waals surface area contributed by atoms with Gasteiger partial charge in [-0.3, -0.25) is 4.79 Å². The fraction of sp³-hybridized carbons (Fsp3) is 0.0455. The van der Waals surface area contributed by atoms with E-state index in [0.29, 0.717) is 5.56 Å². The van der Waals surface area contributed by atoms with Crippen LogP contribution >= 0.6 is 11.3 Å². The molecule has 0 spiro atoms. The minimum atomic E-state index is -0.169. The first kappa shape index (κ1) is 18.1. The fourth-order valence-electron chi connectivity index (χ4n) is 3.12. The third-order valence-corrected chi connectivity index (χ3v) is 5.68. The lowest BCUT2D eigenvalue weighted by atomic mass is 10.1. The van der Waals surface area contributed by atoms with Gasteiger partial charge in [0.05, 0.1) is 20.9 Å². The number of rotatable bonds is 5. The highest BCUT2D eigenvalue weighted by Gasteiger charge is 2.08. The van der Waals surface area contributed by atoms with E-state index in [4.69, 9.17) is 0 Å². The van der Waals surface area contributed by atoms with Crippen LogP contribution in [-0.2, 0) is 6.42 Å². The molecule has 2 aromatic heterocycles. The largest absolute Gasteiger partial charge is 0.322 e. The lowest BCUT2D eigenvalue weighted by Crippen LogP contribution is -2.12. The molecule has 0 saturated carbocycles. The molecule has 0 unspecified atom stereocenters. The summed E-state index contributed by atoms with van der Waals surface area (Å²) >= 11 is 1.71. The van der Waals surface area contributed by atoms with Gasteiger partial charge in [-0.05, 0) is 64.5 Å². The second-order valence-corrected chi connectivity index (χ2v) is 7.82. The number of carbonyl (C=O) groups is 1. The monoisotopic (exact) mass is 412 g/mol. The Kier molecular flexibility index (Phi) is 4.74. The molecule has 0 atom stereocenters. The molecule has 5 rings (SSSR count). The van der Waals surface area contributed by atoms with Gasteiger partial charge >= 0.3 is 0 Å². The molecule has 0 aliphatic heterocycles. The van der Waals surface area contributed by atoms with Crippen LogP contribution in [0, 0.1) is 0 Å². The van der Waals surface area contributed by atoms with E-state index in [1.54, 1.807) is 35.6 Å². The summed E-state index contributed by atoms with van der Waals surface area (Å²) in [5.41, 5.74) is 4.28. The van der Waals surface area contributed by atoms with Crippen LogP contribution in [-0.4, -0.2) is 31.1 Å². The Morgan fingerprint density at radius 2 is 1.77 bits per heavy atom. The van der Waals surface area contributed by atoms with E-state index in [1.807, 2.05) is 42.5 Å². The molecule has 0 aliphatic rings. The van der Waals surface area contributed by atoms with Crippen LogP contribution in [0.1, 0.15) is 20.9 Å². The summed E-state index contributed by atoms with van der Waals surface area (Å²) in [7, 11) is 0. The van der Waals surface area contributed by atoms with E-state index in [9.17, 15) is 4.79 Å². The number of carbonyl (C=O) groups excluding carboxylic acids is 1. The number of aromatic nitrogens is 5. The van der Waals surface area contributed by atoms with Gasteiger partial charge in [-0.15, -0.1) is 16.4 Å². The summed E-state index contributed by atoms with van der Waals surface area (Å²) in [5, 5.41) is 15.0. The Balaban J connectivity index is 1.24. The van der Waals surface area contributed by atoms with Crippen LogP contribution < -0.4 is 5.32 Å². The summed E-state index contributed by atoms with van der Waals surface area (Å²) in [6.07, 6.45) is 2.27. The van der Waals surface area contributed by atoms with Crippen molar-refractivity contribution in [3.8, 4) is 5.69 Å². The third-order valence-electron chi connectivity index (χ3n) is 4.65. The number of benzene rings is 3. The van der Waals surface area contributed by atoms with Gasteiger partial charge in [-0.25, -0.2) is 9.67 Å². The lowest BCUT2D eigenvalue weighted by Gasteiger charge is -2.07. The van der Waals surface area contributed by atoms with Crippen LogP contribution in [0.4, 0.5) is 5.69 Å². The second kappa shape index (κ2) is 7.84. The Bertz CT molecular complexity index is 1260. The van der Waals surface area contributed by atoms with Crippen LogP contribution in [0.25, 0.3) is 15.9 Å². The smallest absolute Gasteiger partial charge is 0.255 e. The third kappa shape index (κ3) is 3.81. The molecule has 0 fully saturated rings. The SMILES string of the molecule is O=C(Nc1ccc(Cc2nc3ccccc3s2)cc1)c1ccc(-n2cnnn2)cc1. The molecule has 0 aliphatic carbocycles. The van der Waals surface area contributed by atoms with Crippen molar-refractivity contribution in [2.75, 3.05) is 5.32 Å². The van der Waals surface area contributed by atoms with Crippen molar-refractivity contribution in [2.45, 2.75) is 6.42 Å². The van der Waals surface area contributed by atoms with E-state index < -0.39 is 0 Å². The Labute approximate surface area is 176 Å². The number of thiazole rings is 1. The number of nitrogens with one attached hydrogen (secondary N) is 1. The van der Waals surface area contributed by atoms with Crippen molar-refractivity contribution >= 4 is 33.1 Å². The van der Waals surface area contributed by atoms with E-state index >= 15 is 0 Å². The van der Waals surface area contributed by atoms with Gasteiger partial charge in [0, 0.05) is 17.7 Å². The predicted molar refractivity (Wildman–Crippen MR) is 116 cm³/mol. The van der Waals surface area contributed by atoms with E-state index in [2.05, 4.69) is 31.9 Å². The molecule has 2 heterocycles. The number of hydrogen-bond donors (Lipinski definition) is 1. The molecule has 0 radical (unpaired) electrons. The summed E-state index contributed by atoms with van der Waals surface area (Å²) in [5.74, 6) is -0.169. The maximum Gasteiger partial charge on any atom is 0.255 e. The molecule has 3 aromatic carbocycles. The molecule has 1 N–H and O–H groups in total. The maximum atomic E-state index is 12.5. The molecule has 0 saturated heterocycles. The molecular formula is C22H16N6OS. The first-order valence-corrected chi connectivity index (χ1v) is 10.1. The van der Waals surface area contributed by atoms with Crippen molar-refractivity contribution in [1.82, 2.24) is 25.2 Å². The number of nitrogens with zero attached hydrogens (tertiary/aromatic N) is 5. The lowest BCUT2D eigenvalue weighted by molar-refractivity contribution is 0.102. The van der Waals surface area contributed by atoms with Crippen molar-refractivity contribution in [3.05, 3.63) is 95.3 Å². The number of tetrazole rings is 1.